The summed E-state index contributed by atoms with van der Waals surface area (Å²) in [7, 11) is 0. The Morgan fingerprint density at radius 1 is 0.900 bits per heavy atom. The molecule has 2 rings (SSSR count). The average Bonchev–Trinajstić information content (AvgIpc) is 2.37. The first-order valence-electron chi connectivity index (χ1n) is 7.02. The van der Waals surface area contributed by atoms with Gasteiger partial charge in [0, 0.05) is 5.56 Å². The lowest BCUT2D eigenvalue weighted by atomic mass is 9.74. The minimum absolute atomic E-state index is 0.174. The van der Waals surface area contributed by atoms with Crippen molar-refractivity contribution in [3.05, 3.63) is 70.3 Å². The van der Waals surface area contributed by atoms with Crippen LogP contribution in [0.1, 0.15) is 46.5 Å². The SMILES string of the molecule is Cc1cc(C)c(C(C)(C)C(=O)c2ccccc2)c(C)c1. The molecule has 20 heavy (non-hydrogen) atoms. The number of carbonyl (C=O) groups excluding carboxylic acids is 1. The van der Waals surface area contributed by atoms with Gasteiger partial charge in [-0.15, -0.1) is 0 Å². The fourth-order valence-corrected chi connectivity index (χ4v) is 3.23. The van der Waals surface area contributed by atoms with Crippen molar-refractivity contribution in [2.24, 2.45) is 0 Å². The third-order valence-electron chi connectivity index (χ3n) is 3.91. The first-order valence-corrected chi connectivity index (χ1v) is 7.02. The fraction of sp³-hybridized carbons (Fsp3) is 0.316. The molecular weight excluding hydrogens is 244 g/mol. The van der Waals surface area contributed by atoms with Crippen molar-refractivity contribution in [3.8, 4) is 0 Å². The van der Waals surface area contributed by atoms with Gasteiger partial charge < -0.3 is 0 Å². The van der Waals surface area contributed by atoms with Crippen LogP contribution >= 0.6 is 0 Å². The Balaban J connectivity index is 2.53. The molecule has 0 aliphatic rings. The van der Waals surface area contributed by atoms with Gasteiger partial charge in [0.05, 0.1) is 5.41 Å². The molecule has 0 fully saturated rings. The molecule has 0 saturated heterocycles. The highest BCUT2D eigenvalue weighted by molar-refractivity contribution is 6.03. The van der Waals surface area contributed by atoms with Crippen molar-refractivity contribution in [1.82, 2.24) is 0 Å². The summed E-state index contributed by atoms with van der Waals surface area (Å²) in [6.45, 7) is 10.3. The van der Waals surface area contributed by atoms with E-state index in [4.69, 9.17) is 0 Å². The van der Waals surface area contributed by atoms with Crippen LogP contribution in [0.4, 0.5) is 0 Å². The summed E-state index contributed by atoms with van der Waals surface area (Å²) in [6.07, 6.45) is 0. The van der Waals surface area contributed by atoms with Gasteiger partial charge in [0.1, 0.15) is 0 Å². The number of carbonyl (C=O) groups is 1. The van der Waals surface area contributed by atoms with Crippen molar-refractivity contribution in [2.45, 2.75) is 40.0 Å². The van der Waals surface area contributed by atoms with Crippen LogP contribution in [-0.2, 0) is 5.41 Å². The summed E-state index contributed by atoms with van der Waals surface area (Å²) in [5.41, 5.74) is 5.04. The van der Waals surface area contributed by atoms with E-state index in [1.54, 1.807) is 0 Å². The molecule has 2 aromatic carbocycles. The van der Waals surface area contributed by atoms with Gasteiger partial charge in [0.15, 0.2) is 5.78 Å². The van der Waals surface area contributed by atoms with Crippen molar-refractivity contribution >= 4 is 5.78 Å². The van der Waals surface area contributed by atoms with E-state index in [-0.39, 0.29) is 5.78 Å². The van der Waals surface area contributed by atoms with Gasteiger partial charge in [-0.05, 0) is 51.3 Å². The highest BCUT2D eigenvalue weighted by Gasteiger charge is 2.33. The minimum Gasteiger partial charge on any atom is -0.293 e. The number of ketones is 1. The first kappa shape index (κ1) is 14.5. The molecule has 0 spiro atoms. The van der Waals surface area contributed by atoms with E-state index in [9.17, 15) is 4.79 Å². The van der Waals surface area contributed by atoms with E-state index in [1.807, 2.05) is 44.2 Å². The zero-order valence-electron chi connectivity index (χ0n) is 12.9. The third-order valence-corrected chi connectivity index (χ3v) is 3.91. The molecule has 104 valence electrons. The lowest BCUT2D eigenvalue weighted by Crippen LogP contribution is -2.31. The monoisotopic (exact) mass is 266 g/mol. The number of hydrogen-bond acceptors (Lipinski definition) is 1. The molecule has 1 nitrogen and oxygen atoms in total. The van der Waals surface area contributed by atoms with Crippen LogP contribution in [0.2, 0.25) is 0 Å². The number of aryl methyl sites for hydroxylation is 3. The molecule has 0 atom stereocenters. The number of rotatable bonds is 3. The van der Waals surface area contributed by atoms with Gasteiger partial charge in [-0.25, -0.2) is 0 Å². The smallest absolute Gasteiger partial charge is 0.172 e. The van der Waals surface area contributed by atoms with E-state index in [0.717, 1.165) is 11.1 Å². The van der Waals surface area contributed by atoms with Gasteiger partial charge in [0.2, 0.25) is 0 Å². The van der Waals surface area contributed by atoms with Gasteiger partial charge in [-0.2, -0.15) is 0 Å². The Bertz CT molecular complexity index is 613. The summed E-state index contributed by atoms with van der Waals surface area (Å²) < 4.78 is 0. The Morgan fingerprint density at radius 2 is 1.40 bits per heavy atom. The summed E-state index contributed by atoms with van der Waals surface area (Å²) in [5.74, 6) is 0.174. The van der Waals surface area contributed by atoms with Crippen LogP contribution in [0.15, 0.2) is 42.5 Å². The molecule has 0 radical (unpaired) electrons. The van der Waals surface area contributed by atoms with Crippen molar-refractivity contribution < 1.29 is 4.79 Å². The molecule has 0 aliphatic carbocycles. The van der Waals surface area contributed by atoms with Gasteiger partial charge in [0.25, 0.3) is 0 Å². The van der Waals surface area contributed by atoms with Crippen LogP contribution in [0.3, 0.4) is 0 Å². The van der Waals surface area contributed by atoms with Crippen molar-refractivity contribution in [3.63, 3.8) is 0 Å². The van der Waals surface area contributed by atoms with Gasteiger partial charge in [-0.1, -0.05) is 48.0 Å². The van der Waals surface area contributed by atoms with Gasteiger partial charge >= 0.3 is 0 Å². The normalized spacial score (nSPS) is 11.4. The van der Waals surface area contributed by atoms with Crippen LogP contribution in [0.25, 0.3) is 0 Å². The highest BCUT2D eigenvalue weighted by atomic mass is 16.1. The van der Waals surface area contributed by atoms with Crippen LogP contribution in [0, 0.1) is 20.8 Å². The lowest BCUT2D eigenvalue weighted by molar-refractivity contribution is 0.0907. The van der Waals surface area contributed by atoms with E-state index in [0.29, 0.717) is 0 Å². The average molecular weight is 266 g/mol. The van der Waals surface area contributed by atoms with Crippen molar-refractivity contribution in [1.29, 1.82) is 0 Å². The Morgan fingerprint density at radius 3 is 1.90 bits per heavy atom. The topological polar surface area (TPSA) is 17.1 Å². The largest absolute Gasteiger partial charge is 0.293 e. The molecular formula is C19H22O. The predicted octanol–water partition coefficient (Wildman–Crippen LogP) is 4.77. The zero-order valence-corrected chi connectivity index (χ0v) is 12.9. The number of Topliss-reactive ketones (excluding diaryl/α,β-unsaturated/α-hetero) is 1. The van der Waals surface area contributed by atoms with E-state index in [1.165, 1.54) is 16.7 Å². The minimum atomic E-state index is -0.511. The molecule has 0 bridgehead atoms. The Hall–Kier alpha value is -1.89. The maximum Gasteiger partial charge on any atom is 0.172 e. The molecule has 2 aromatic rings. The Kier molecular flexibility index (Phi) is 3.80. The van der Waals surface area contributed by atoms with Crippen LogP contribution in [-0.4, -0.2) is 5.78 Å². The maximum absolute atomic E-state index is 12.9. The molecule has 0 saturated carbocycles. The summed E-state index contributed by atoms with van der Waals surface area (Å²) >= 11 is 0. The second-order valence-corrected chi connectivity index (χ2v) is 6.09. The highest BCUT2D eigenvalue weighted by Crippen LogP contribution is 2.33. The molecule has 1 heteroatoms. The standard InChI is InChI=1S/C19H22O/c1-13-11-14(2)17(15(3)12-13)19(4,5)18(20)16-9-7-6-8-10-16/h6-12H,1-5H3. The first-order chi connectivity index (χ1) is 9.34. The number of benzene rings is 2. The molecule has 0 aliphatic heterocycles. The van der Waals surface area contributed by atoms with Crippen LogP contribution in [0.5, 0.6) is 0 Å². The van der Waals surface area contributed by atoms with E-state index in [2.05, 4.69) is 32.9 Å². The third kappa shape index (κ3) is 2.53. The van der Waals surface area contributed by atoms with Crippen LogP contribution < -0.4 is 0 Å². The second-order valence-electron chi connectivity index (χ2n) is 6.09. The summed E-state index contributed by atoms with van der Waals surface area (Å²) in [5, 5.41) is 0. The summed E-state index contributed by atoms with van der Waals surface area (Å²) in [6, 6.07) is 13.9. The lowest BCUT2D eigenvalue weighted by Gasteiger charge is -2.28. The summed E-state index contributed by atoms with van der Waals surface area (Å²) in [4.78, 5) is 12.9. The molecule has 0 aromatic heterocycles. The molecule has 0 heterocycles. The fourth-order valence-electron chi connectivity index (χ4n) is 3.23. The quantitative estimate of drug-likeness (QED) is 0.731. The predicted molar refractivity (Wildman–Crippen MR) is 84.5 cm³/mol. The molecule has 0 unspecified atom stereocenters. The molecule has 0 N–H and O–H groups in total. The Labute approximate surface area is 121 Å². The van der Waals surface area contributed by atoms with E-state index >= 15 is 0 Å². The maximum atomic E-state index is 12.9. The molecule has 0 amide bonds. The second kappa shape index (κ2) is 5.24. The zero-order chi connectivity index (χ0) is 14.9. The van der Waals surface area contributed by atoms with E-state index < -0.39 is 5.41 Å². The van der Waals surface area contributed by atoms with Gasteiger partial charge in [-0.3, -0.25) is 4.79 Å². The number of hydrogen-bond donors (Lipinski definition) is 0. The van der Waals surface area contributed by atoms with Crippen molar-refractivity contribution in [2.75, 3.05) is 0 Å².